The van der Waals surface area contributed by atoms with E-state index in [1.165, 1.54) is 7.11 Å². The number of hydrogen-bond acceptors (Lipinski definition) is 4. The first kappa shape index (κ1) is 15.4. The minimum atomic E-state index is -0.877. The average molecular weight is 295 g/mol. The van der Waals surface area contributed by atoms with Crippen LogP contribution in [0.2, 0.25) is 0 Å². The van der Waals surface area contributed by atoms with Gasteiger partial charge in [-0.2, -0.15) is 0 Å². The summed E-state index contributed by atoms with van der Waals surface area (Å²) in [5.41, 5.74) is -0.734. The highest BCUT2D eigenvalue weighted by Crippen LogP contribution is 2.35. The Bertz CT molecular complexity index is 271. The molecule has 0 rings (SSSR count). The molecule has 0 aliphatic heterocycles. The molecular formula is C11H19BrO4. The number of halogens is 1. The van der Waals surface area contributed by atoms with Crippen molar-refractivity contribution < 1.29 is 19.1 Å². The Morgan fingerprint density at radius 2 is 1.69 bits per heavy atom. The third kappa shape index (κ3) is 4.12. The van der Waals surface area contributed by atoms with Crippen molar-refractivity contribution >= 4 is 27.9 Å². The van der Waals surface area contributed by atoms with Crippen LogP contribution in [0.3, 0.4) is 0 Å². The van der Waals surface area contributed by atoms with Crippen molar-refractivity contribution in [1.82, 2.24) is 0 Å². The van der Waals surface area contributed by atoms with Crippen LogP contribution in [0.25, 0.3) is 0 Å². The Kier molecular flexibility index (Phi) is 5.46. The maximum absolute atomic E-state index is 11.7. The maximum atomic E-state index is 11.7. The lowest BCUT2D eigenvalue weighted by Gasteiger charge is -2.29. The lowest BCUT2D eigenvalue weighted by atomic mass is 9.83. The number of hydrogen-bond donors (Lipinski definition) is 0. The van der Waals surface area contributed by atoms with Crippen molar-refractivity contribution in [3.8, 4) is 0 Å². The first-order chi connectivity index (χ1) is 7.17. The van der Waals surface area contributed by atoms with E-state index >= 15 is 0 Å². The van der Waals surface area contributed by atoms with Gasteiger partial charge in [0, 0.05) is 0 Å². The van der Waals surface area contributed by atoms with Gasteiger partial charge in [0.2, 0.25) is 0 Å². The van der Waals surface area contributed by atoms with Gasteiger partial charge in [0.1, 0.15) is 4.32 Å². The molecular weight excluding hydrogens is 276 g/mol. The monoisotopic (exact) mass is 294 g/mol. The average Bonchev–Trinajstić information content (AvgIpc) is 2.15. The summed E-state index contributed by atoms with van der Waals surface area (Å²) < 4.78 is 8.74. The van der Waals surface area contributed by atoms with Gasteiger partial charge in [-0.1, -0.05) is 15.9 Å². The Hall–Kier alpha value is -0.580. The number of carbonyl (C=O) groups excluding carboxylic acids is 2. The molecule has 0 aliphatic rings. The van der Waals surface area contributed by atoms with Gasteiger partial charge >= 0.3 is 11.9 Å². The normalized spacial score (nSPS) is 15.1. The van der Waals surface area contributed by atoms with Crippen molar-refractivity contribution in [2.24, 2.45) is 5.41 Å². The maximum Gasteiger partial charge on any atom is 0.322 e. The number of rotatable bonds is 5. The van der Waals surface area contributed by atoms with Crippen LogP contribution in [0.1, 0.15) is 34.1 Å². The summed E-state index contributed by atoms with van der Waals surface area (Å²) in [5, 5.41) is 0. The van der Waals surface area contributed by atoms with Gasteiger partial charge in [0.25, 0.3) is 0 Å². The summed E-state index contributed by atoms with van der Waals surface area (Å²) in [4.78, 5) is 23.1. The van der Waals surface area contributed by atoms with Crippen molar-refractivity contribution in [2.75, 3.05) is 13.7 Å². The summed E-state index contributed by atoms with van der Waals surface area (Å²) in [6.45, 7) is 7.25. The Labute approximate surface area is 105 Å². The van der Waals surface area contributed by atoms with Crippen LogP contribution >= 0.6 is 15.9 Å². The number of alkyl halides is 1. The molecule has 0 aromatic heterocycles. The van der Waals surface area contributed by atoms with Crippen LogP contribution in [0.15, 0.2) is 0 Å². The van der Waals surface area contributed by atoms with E-state index in [0.717, 1.165) is 0 Å². The minimum Gasteiger partial charge on any atom is -0.468 e. The molecule has 94 valence electrons. The van der Waals surface area contributed by atoms with Gasteiger partial charge in [-0.25, -0.2) is 0 Å². The molecule has 0 radical (unpaired) electrons. The summed E-state index contributed by atoms with van der Waals surface area (Å²) in [6, 6.07) is 0. The van der Waals surface area contributed by atoms with Crippen LogP contribution in [0, 0.1) is 5.41 Å². The first-order valence-corrected chi connectivity index (χ1v) is 5.91. The summed E-state index contributed by atoms with van der Waals surface area (Å²) in [5.74, 6) is -0.713. The molecule has 16 heavy (non-hydrogen) atoms. The lowest BCUT2D eigenvalue weighted by molar-refractivity contribution is -0.155. The molecule has 0 fully saturated rings. The number of carbonyl (C=O) groups is 2. The van der Waals surface area contributed by atoms with Crippen LogP contribution in [0.4, 0.5) is 0 Å². The van der Waals surface area contributed by atoms with E-state index in [1.54, 1.807) is 27.7 Å². The topological polar surface area (TPSA) is 52.6 Å². The standard InChI is InChI=1S/C11H19BrO4/c1-6-16-8(13)10(2,3)7-11(4,12)9(14)15-5/h6-7H2,1-5H3. The third-order valence-electron chi connectivity index (χ3n) is 2.21. The van der Waals surface area contributed by atoms with Gasteiger partial charge in [-0.3, -0.25) is 9.59 Å². The quantitative estimate of drug-likeness (QED) is 0.577. The second-order valence-corrected chi connectivity index (χ2v) is 6.22. The second kappa shape index (κ2) is 5.66. The van der Waals surface area contributed by atoms with Crippen molar-refractivity contribution in [3.05, 3.63) is 0 Å². The molecule has 0 aliphatic carbocycles. The molecule has 0 bridgehead atoms. The SMILES string of the molecule is CCOC(=O)C(C)(C)CC(C)(Br)C(=O)OC. The molecule has 0 aromatic carbocycles. The predicted molar refractivity (Wildman–Crippen MR) is 64.4 cm³/mol. The summed E-state index contributed by atoms with van der Waals surface area (Å²) >= 11 is 3.28. The highest BCUT2D eigenvalue weighted by molar-refractivity contribution is 9.10. The number of ether oxygens (including phenoxy) is 2. The molecule has 0 amide bonds. The van der Waals surface area contributed by atoms with E-state index in [9.17, 15) is 9.59 Å². The zero-order chi connectivity index (χ0) is 13.0. The largest absolute Gasteiger partial charge is 0.468 e. The first-order valence-electron chi connectivity index (χ1n) is 5.12. The number of esters is 2. The lowest BCUT2D eigenvalue weighted by Crippen LogP contribution is -2.39. The fraction of sp³-hybridized carbons (Fsp3) is 0.818. The van der Waals surface area contributed by atoms with Gasteiger partial charge in [-0.05, 0) is 34.1 Å². The second-order valence-electron chi connectivity index (χ2n) is 4.47. The molecule has 0 N–H and O–H groups in total. The van der Waals surface area contributed by atoms with Gasteiger partial charge in [0.05, 0.1) is 19.1 Å². The van der Waals surface area contributed by atoms with E-state index < -0.39 is 15.7 Å². The summed E-state index contributed by atoms with van der Waals surface area (Å²) in [6.07, 6.45) is 0.311. The highest BCUT2D eigenvalue weighted by atomic mass is 79.9. The molecule has 0 saturated carbocycles. The molecule has 0 saturated heterocycles. The smallest absolute Gasteiger partial charge is 0.322 e. The molecule has 5 heteroatoms. The van der Waals surface area contributed by atoms with Gasteiger partial charge in [-0.15, -0.1) is 0 Å². The van der Waals surface area contributed by atoms with Crippen LogP contribution in [-0.4, -0.2) is 30.0 Å². The van der Waals surface area contributed by atoms with Crippen molar-refractivity contribution in [3.63, 3.8) is 0 Å². The van der Waals surface area contributed by atoms with Crippen LogP contribution in [-0.2, 0) is 19.1 Å². The van der Waals surface area contributed by atoms with Crippen molar-refractivity contribution in [1.29, 1.82) is 0 Å². The fourth-order valence-electron chi connectivity index (χ4n) is 1.51. The van der Waals surface area contributed by atoms with Crippen LogP contribution in [0.5, 0.6) is 0 Å². The minimum absolute atomic E-state index is 0.311. The molecule has 0 heterocycles. The molecule has 1 unspecified atom stereocenters. The predicted octanol–water partition coefficient (Wildman–Crippen LogP) is 2.29. The molecule has 0 aromatic rings. The Balaban J connectivity index is 4.69. The molecule has 4 nitrogen and oxygen atoms in total. The van der Waals surface area contributed by atoms with Gasteiger partial charge in [0.15, 0.2) is 0 Å². The third-order valence-corrected chi connectivity index (χ3v) is 2.82. The van der Waals surface area contributed by atoms with Gasteiger partial charge < -0.3 is 9.47 Å². The number of methoxy groups -OCH3 is 1. The van der Waals surface area contributed by atoms with Crippen molar-refractivity contribution in [2.45, 2.75) is 38.4 Å². The summed E-state index contributed by atoms with van der Waals surface area (Å²) in [7, 11) is 1.32. The Morgan fingerprint density at radius 3 is 2.06 bits per heavy atom. The zero-order valence-corrected chi connectivity index (χ0v) is 12.0. The van der Waals surface area contributed by atoms with Crippen LogP contribution < -0.4 is 0 Å². The van der Waals surface area contributed by atoms with E-state index in [1.807, 2.05) is 0 Å². The zero-order valence-electron chi connectivity index (χ0n) is 10.4. The fourth-order valence-corrected chi connectivity index (χ4v) is 2.38. The highest BCUT2D eigenvalue weighted by Gasteiger charge is 2.41. The molecule has 1 atom stereocenters. The van der Waals surface area contributed by atoms with E-state index in [2.05, 4.69) is 20.7 Å². The molecule has 0 spiro atoms. The van der Waals surface area contributed by atoms with E-state index in [0.29, 0.717) is 13.0 Å². The van der Waals surface area contributed by atoms with E-state index in [4.69, 9.17) is 4.74 Å². The van der Waals surface area contributed by atoms with E-state index in [-0.39, 0.29) is 5.97 Å². The Morgan fingerprint density at radius 1 is 1.19 bits per heavy atom.